The molecule has 1 fully saturated rings. The number of aliphatic hydroxyl groups is 8. The SMILES string of the molecule is NC(=NCCCCCCN=C(N)/N=C(\N)Nc1ccc(Cl)cc1)/N=C(\N)Nc1ccc(Cl)cc1.O=C(O)[C@@H](O)[C@@H](O[C@@H]1O[C@H](CO)[C@H](O)[C@H](O)[C@H]1O)[C@H](O)[C@@H](O)CO. The van der Waals surface area contributed by atoms with Gasteiger partial charge in [0, 0.05) is 34.5 Å². The molecule has 0 aliphatic carbocycles. The number of anilines is 2. The molecule has 0 aromatic heterocycles. The molecular formula is C34H52Cl2N10O12. The number of nitrogens with two attached hydrogens (primary N) is 4. The van der Waals surface area contributed by atoms with Gasteiger partial charge >= 0.3 is 5.97 Å². The molecule has 3 rings (SSSR count). The van der Waals surface area contributed by atoms with Crippen LogP contribution in [0.3, 0.4) is 0 Å². The van der Waals surface area contributed by atoms with Crippen LogP contribution in [0.1, 0.15) is 25.7 Å². The number of aliphatic carboxylic acids is 1. The van der Waals surface area contributed by atoms with Gasteiger partial charge in [-0.15, -0.1) is 0 Å². The number of guanidine groups is 4. The number of ether oxygens (including phenoxy) is 2. The number of carbonyl (C=O) groups is 1. The number of hydrogen-bond donors (Lipinski definition) is 15. The lowest BCUT2D eigenvalue weighted by Crippen LogP contribution is -2.62. The van der Waals surface area contributed by atoms with Crippen molar-refractivity contribution in [2.24, 2.45) is 42.9 Å². The van der Waals surface area contributed by atoms with Crippen molar-refractivity contribution in [1.29, 1.82) is 0 Å². The molecule has 24 heteroatoms. The number of carboxylic acids is 1. The van der Waals surface area contributed by atoms with Crippen molar-refractivity contribution in [3.63, 3.8) is 0 Å². The minimum atomic E-state index is -2.38. The summed E-state index contributed by atoms with van der Waals surface area (Å²) in [7, 11) is 0. The summed E-state index contributed by atoms with van der Waals surface area (Å²) in [5, 5.41) is 91.6. The standard InChI is InChI=1S/C22H30Cl2N10.C12H22O12/c23-15-5-9-17(10-6-15)31-21(27)33-19(25)29-13-3-1-2-4-14-30-20(26)34-22(28)32-18-11-7-16(24)8-12-18;13-1-3(15)5(16)10(9(20)11(21)22)24-12-8(19)7(18)6(17)4(2-14)23-12/h5-12H,1-4,13-14H2,(H5,25,27,29,31,33)(H5,26,28,30,32,34);3-10,12-20H,1-2H2,(H,21,22)/t;3-,4+,5+,6-,7-,8+,9-,10-,12-/m.0/s1. The molecule has 2 aromatic rings. The quantitative estimate of drug-likeness (QED) is 0.0450. The summed E-state index contributed by atoms with van der Waals surface area (Å²) in [6.45, 7) is -0.640. The maximum atomic E-state index is 10.9. The van der Waals surface area contributed by atoms with E-state index in [9.17, 15) is 35.4 Å². The Morgan fingerprint density at radius 1 is 0.741 bits per heavy atom. The Kier molecular flexibility index (Phi) is 22.1. The van der Waals surface area contributed by atoms with Gasteiger partial charge in [-0.1, -0.05) is 36.0 Å². The number of hydrogen-bond acceptors (Lipinski definition) is 13. The lowest BCUT2D eigenvalue weighted by molar-refractivity contribution is -0.325. The Bertz CT molecular complexity index is 1570. The van der Waals surface area contributed by atoms with Crippen LogP contribution in [0.4, 0.5) is 11.4 Å². The zero-order valence-corrected chi connectivity index (χ0v) is 32.6. The highest BCUT2D eigenvalue weighted by molar-refractivity contribution is 6.31. The molecule has 1 aliphatic heterocycles. The van der Waals surface area contributed by atoms with Crippen LogP contribution in [0.5, 0.6) is 0 Å². The molecule has 9 atom stereocenters. The molecule has 22 nitrogen and oxygen atoms in total. The molecule has 0 bridgehead atoms. The van der Waals surface area contributed by atoms with Crippen molar-refractivity contribution in [1.82, 2.24) is 0 Å². The molecular weight excluding hydrogens is 811 g/mol. The molecule has 19 N–H and O–H groups in total. The third kappa shape index (κ3) is 17.6. The molecule has 1 saturated heterocycles. The number of aliphatic hydroxyl groups excluding tert-OH is 8. The predicted octanol–water partition coefficient (Wildman–Crippen LogP) is -2.33. The van der Waals surface area contributed by atoms with Crippen LogP contribution >= 0.6 is 23.2 Å². The second-order valence-electron chi connectivity index (χ2n) is 12.5. The van der Waals surface area contributed by atoms with Gasteiger partial charge in [0.25, 0.3) is 0 Å². The number of unbranched alkanes of at least 4 members (excludes halogenated alkanes) is 3. The van der Waals surface area contributed by atoms with E-state index < -0.39 is 74.3 Å². The molecule has 2 aromatic carbocycles. The number of benzene rings is 2. The van der Waals surface area contributed by atoms with E-state index in [1.54, 1.807) is 48.5 Å². The smallest absolute Gasteiger partial charge is 0.335 e. The van der Waals surface area contributed by atoms with Crippen molar-refractivity contribution >= 4 is 64.4 Å². The maximum absolute atomic E-state index is 10.9. The van der Waals surface area contributed by atoms with Gasteiger partial charge < -0.3 is 89.0 Å². The third-order valence-electron chi connectivity index (χ3n) is 7.94. The Labute approximate surface area is 343 Å². The van der Waals surface area contributed by atoms with Crippen molar-refractivity contribution < 1.29 is 60.2 Å². The van der Waals surface area contributed by atoms with Crippen molar-refractivity contribution in [3.8, 4) is 0 Å². The van der Waals surface area contributed by atoms with Gasteiger partial charge in [0.05, 0.1) is 13.2 Å². The Hall–Kier alpha value is -4.43. The minimum Gasteiger partial charge on any atom is -0.479 e. The largest absolute Gasteiger partial charge is 0.479 e. The first-order chi connectivity index (χ1) is 27.5. The minimum absolute atomic E-state index is 0.124. The van der Waals surface area contributed by atoms with Crippen LogP contribution < -0.4 is 33.6 Å². The molecule has 0 spiro atoms. The van der Waals surface area contributed by atoms with Gasteiger partial charge in [-0.25, -0.2) is 4.79 Å². The van der Waals surface area contributed by atoms with Gasteiger partial charge in [-0.2, -0.15) is 9.98 Å². The highest BCUT2D eigenvalue weighted by Gasteiger charge is 2.47. The van der Waals surface area contributed by atoms with Crippen molar-refractivity contribution in [2.45, 2.75) is 80.8 Å². The molecule has 0 unspecified atom stereocenters. The van der Waals surface area contributed by atoms with Crippen molar-refractivity contribution in [2.75, 3.05) is 36.9 Å². The first kappa shape index (κ1) is 49.7. The number of halogens is 2. The Morgan fingerprint density at radius 2 is 1.19 bits per heavy atom. The molecule has 0 radical (unpaired) electrons. The molecule has 0 amide bonds. The maximum Gasteiger partial charge on any atom is 0.335 e. The van der Waals surface area contributed by atoms with E-state index in [0.717, 1.165) is 37.1 Å². The lowest BCUT2D eigenvalue weighted by atomic mass is 9.98. The molecule has 1 aliphatic rings. The lowest BCUT2D eigenvalue weighted by Gasteiger charge is -2.42. The van der Waals surface area contributed by atoms with Crippen molar-refractivity contribution in [3.05, 3.63) is 58.6 Å². The normalized spacial score (nSPS) is 22.6. The zero-order chi connectivity index (χ0) is 43.4. The monoisotopic (exact) mass is 862 g/mol. The Morgan fingerprint density at radius 3 is 1.59 bits per heavy atom. The topological polar surface area (TPSA) is 395 Å². The summed E-state index contributed by atoms with van der Waals surface area (Å²) >= 11 is 11.7. The van der Waals surface area contributed by atoms with Crippen LogP contribution in [-0.4, -0.2) is 157 Å². The highest BCUT2D eigenvalue weighted by Crippen LogP contribution is 2.25. The van der Waals surface area contributed by atoms with E-state index in [0.29, 0.717) is 23.1 Å². The average molecular weight is 864 g/mol. The summed E-state index contributed by atoms with van der Waals surface area (Å²) in [6, 6.07) is 14.1. The van der Waals surface area contributed by atoms with E-state index in [1.807, 2.05) is 0 Å². The van der Waals surface area contributed by atoms with Gasteiger partial charge in [0.1, 0.15) is 42.7 Å². The molecule has 1 heterocycles. The number of nitrogens with one attached hydrogen (secondary N) is 2. The Balaban J connectivity index is 0.000000426. The molecule has 0 saturated carbocycles. The van der Waals surface area contributed by atoms with Crippen LogP contribution in [0.25, 0.3) is 0 Å². The van der Waals surface area contributed by atoms with E-state index >= 15 is 0 Å². The fraction of sp³-hybridized carbons (Fsp3) is 0.500. The second kappa shape index (κ2) is 25.8. The molecule has 324 valence electrons. The first-order valence-corrected chi connectivity index (χ1v) is 18.4. The van der Waals surface area contributed by atoms with E-state index in [1.165, 1.54) is 0 Å². The van der Waals surface area contributed by atoms with E-state index in [2.05, 4.69) is 30.6 Å². The van der Waals surface area contributed by atoms with Gasteiger partial charge in [0.2, 0.25) is 23.8 Å². The summed E-state index contributed by atoms with van der Waals surface area (Å²) in [4.78, 5) is 27.4. The van der Waals surface area contributed by atoms with Gasteiger partial charge in [-0.05, 0) is 61.4 Å². The fourth-order valence-electron chi connectivity index (χ4n) is 4.84. The van der Waals surface area contributed by atoms with Crippen LogP contribution in [0, 0.1) is 0 Å². The van der Waals surface area contributed by atoms with E-state index in [4.69, 9.17) is 70.9 Å². The predicted molar refractivity (Wildman–Crippen MR) is 216 cm³/mol. The number of carboxylic acid groups (broad SMARTS) is 1. The van der Waals surface area contributed by atoms with E-state index in [-0.39, 0.29) is 23.8 Å². The van der Waals surface area contributed by atoms with Gasteiger partial charge in [0.15, 0.2) is 12.4 Å². The molecule has 58 heavy (non-hydrogen) atoms. The van der Waals surface area contributed by atoms with Gasteiger partial charge in [-0.3, -0.25) is 9.98 Å². The fourth-order valence-corrected chi connectivity index (χ4v) is 5.10. The number of nitrogens with zero attached hydrogens (tertiary/aromatic N) is 4. The summed E-state index contributed by atoms with van der Waals surface area (Å²) < 4.78 is 9.92. The third-order valence-corrected chi connectivity index (χ3v) is 8.44. The first-order valence-electron chi connectivity index (χ1n) is 17.6. The highest BCUT2D eigenvalue weighted by atomic mass is 35.5. The number of aliphatic imine (C=N–C) groups is 4. The number of rotatable bonds is 17. The second-order valence-corrected chi connectivity index (χ2v) is 13.3. The van der Waals surface area contributed by atoms with Crippen LogP contribution in [0.15, 0.2) is 68.5 Å². The zero-order valence-electron chi connectivity index (χ0n) is 31.1. The van der Waals surface area contributed by atoms with Crippen LogP contribution in [0.2, 0.25) is 10.0 Å². The average Bonchev–Trinajstić information content (AvgIpc) is 3.18. The summed E-state index contributed by atoms with van der Waals surface area (Å²) in [5.41, 5.74) is 24.8. The summed E-state index contributed by atoms with van der Waals surface area (Å²) in [5.74, 6) is -1.27. The van der Waals surface area contributed by atoms with Crippen LogP contribution in [-0.2, 0) is 14.3 Å². The summed E-state index contributed by atoms with van der Waals surface area (Å²) in [6.07, 6.45) is -13.4.